The van der Waals surface area contributed by atoms with Crippen LogP contribution in [-0.4, -0.2) is 33.1 Å². The van der Waals surface area contributed by atoms with Gasteiger partial charge in [-0.25, -0.2) is 14.8 Å². The number of aromatic nitrogens is 2. The molecule has 0 spiro atoms. The second-order valence-corrected chi connectivity index (χ2v) is 9.88. The molecule has 0 bridgehead atoms. The van der Waals surface area contributed by atoms with Crippen LogP contribution in [0.25, 0.3) is 33.2 Å². The highest BCUT2D eigenvalue weighted by atomic mass is 19.4. The summed E-state index contributed by atoms with van der Waals surface area (Å²) in [6.45, 7) is 2.43. The third kappa shape index (κ3) is 7.08. The van der Waals surface area contributed by atoms with Crippen molar-refractivity contribution in [3.05, 3.63) is 114 Å². The number of aliphatic carboxylic acids is 1. The Morgan fingerprint density at radius 1 is 0.911 bits per heavy atom. The fourth-order valence-electron chi connectivity index (χ4n) is 4.49. The molecule has 9 nitrogen and oxygen atoms in total. The topological polar surface area (TPSA) is 143 Å². The molecule has 0 aliphatic heterocycles. The summed E-state index contributed by atoms with van der Waals surface area (Å²) < 4.78 is 37.9. The van der Waals surface area contributed by atoms with Gasteiger partial charge in [0.1, 0.15) is 23.3 Å². The van der Waals surface area contributed by atoms with E-state index in [1.165, 1.54) is 6.33 Å². The molecule has 0 aliphatic rings. The third-order valence-corrected chi connectivity index (χ3v) is 6.80. The molecule has 1 amide bonds. The van der Waals surface area contributed by atoms with Crippen molar-refractivity contribution >= 4 is 51.0 Å². The number of hydrogen-bond donors (Lipinski definition) is 4. The lowest BCUT2D eigenvalue weighted by atomic mass is 10.1. The monoisotopic (exact) mass is 613 g/mol. The van der Waals surface area contributed by atoms with E-state index in [1.807, 2.05) is 73.7 Å². The Bertz CT molecular complexity index is 2010. The van der Waals surface area contributed by atoms with Gasteiger partial charge in [-0.3, -0.25) is 4.79 Å². The van der Waals surface area contributed by atoms with Gasteiger partial charge in [-0.15, -0.1) is 0 Å². The highest BCUT2D eigenvalue weighted by molar-refractivity contribution is 6.09. The first-order valence-corrected chi connectivity index (χ1v) is 13.5. The Morgan fingerprint density at radius 2 is 1.62 bits per heavy atom. The molecular weight excluding hydrogens is 587 g/mol. The summed E-state index contributed by atoms with van der Waals surface area (Å²) in [5, 5.41) is 15.6. The summed E-state index contributed by atoms with van der Waals surface area (Å²) in [7, 11) is 0. The van der Waals surface area contributed by atoms with Crippen molar-refractivity contribution in [3.8, 4) is 11.3 Å². The number of para-hydroxylation sites is 2. The molecule has 2 heterocycles. The van der Waals surface area contributed by atoms with E-state index in [2.05, 4.69) is 32.7 Å². The van der Waals surface area contributed by atoms with E-state index < -0.39 is 12.1 Å². The lowest BCUT2D eigenvalue weighted by molar-refractivity contribution is -0.192. The van der Waals surface area contributed by atoms with Gasteiger partial charge in [0.15, 0.2) is 0 Å². The summed E-state index contributed by atoms with van der Waals surface area (Å²) in [6.07, 6.45) is -3.55. The number of alkyl halides is 3. The van der Waals surface area contributed by atoms with Gasteiger partial charge in [0.05, 0.1) is 5.69 Å². The van der Waals surface area contributed by atoms with E-state index in [-0.39, 0.29) is 5.91 Å². The first kappa shape index (κ1) is 30.7. The minimum absolute atomic E-state index is 0.188. The number of nitrogens with two attached hydrogens (primary N) is 1. The lowest BCUT2D eigenvalue weighted by Crippen LogP contribution is -2.21. The summed E-state index contributed by atoms with van der Waals surface area (Å²) in [5.74, 6) is -2.31. The van der Waals surface area contributed by atoms with Crippen LogP contribution in [-0.2, 0) is 11.3 Å². The maximum atomic E-state index is 12.7. The maximum absolute atomic E-state index is 12.7. The van der Waals surface area contributed by atoms with Crippen molar-refractivity contribution in [3.63, 3.8) is 0 Å². The number of hydrogen-bond acceptors (Lipinski definition) is 7. The molecule has 0 unspecified atom stereocenters. The molecule has 0 saturated heterocycles. The Hall–Kier alpha value is -5.75. The molecule has 228 valence electrons. The van der Waals surface area contributed by atoms with Gasteiger partial charge < -0.3 is 25.9 Å². The number of anilines is 3. The molecule has 0 radical (unpaired) electrons. The number of carbonyl (C=O) groups excluding carboxylic acids is 1. The number of amides is 1. The third-order valence-electron chi connectivity index (χ3n) is 6.80. The first-order chi connectivity index (χ1) is 21.5. The molecule has 5 N–H and O–H groups in total. The minimum atomic E-state index is -5.08. The summed E-state index contributed by atoms with van der Waals surface area (Å²) in [4.78, 5) is 30.6. The molecule has 12 heteroatoms. The fraction of sp³-hybridized carbons (Fsp3) is 0.0909. The van der Waals surface area contributed by atoms with Crippen molar-refractivity contribution in [2.45, 2.75) is 19.6 Å². The van der Waals surface area contributed by atoms with E-state index in [9.17, 15) is 18.0 Å². The van der Waals surface area contributed by atoms with Gasteiger partial charge >= 0.3 is 12.1 Å². The van der Waals surface area contributed by atoms with Gasteiger partial charge in [0.2, 0.25) is 0 Å². The Morgan fingerprint density at radius 3 is 2.33 bits per heavy atom. The standard InChI is InChI=1S/C31H25N5O2.C2HF3O2/c1-19-9-14-22(35-31(37)21-12-10-20(17-32)11-13-21)15-26(19)36-29-16-27(33-18-34-29)25-7-4-6-24-23-5-2-3-8-28(23)38-30(24)25;3-2(4,5)1(6)7/h2-16,18H,17,32H2,1H3,(H,35,37)(H,33,34,36);(H,6,7). The van der Waals surface area contributed by atoms with Crippen LogP contribution in [0.2, 0.25) is 0 Å². The molecule has 2 aromatic heterocycles. The van der Waals surface area contributed by atoms with Gasteiger partial charge in [0, 0.05) is 45.9 Å². The number of rotatable bonds is 6. The van der Waals surface area contributed by atoms with Gasteiger partial charge in [-0.05, 0) is 54.4 Å². The van der Waals surface area contributed by atoms with Crippen molar-refractivity contribution in [2.75, 3.05) is 10.6 Å². The van der Waals surface area contributed by atoms with Crippen LogP contribution in [0.5, 0.6) is 0 Å². The molecule has 4 aromatic carbocycles. The van der Waals surface area contributed by atoms with E-state index in [0.29, 0.717) is 23.6 Å². The van der Waals surface area contributed by atoms with Crippen molar-refractivity contribution in [1.29, 1.82) is 0 Å². The van der Waals surface area contributed by atoms with Crippen LogP contribution in [0.15, 0.2) is 102 Å². The molecule has 0 fully saturated rings. The van der Waals surface area contributed by atoms with Crippen molar-refractivity contribution in [2.24, 2.45) is 5.73 Å². The molecule has 0 saturated carbocycles. The molecule has 6 aromatic rings. The van der Waals surface area contributed by atoms with E-state index in [0.717, 1.165) is 50.0 Å². The smallest absolute Gasteiger partial charge is 0.475 e. The van der Waals surface area contributed by atoms with Crippen LogP contribution in [0.4, 0.5) is 30.4 Å². The molecule has 45 heavy (non-hydrogen) atoms. The van der Waals surface area contributed by atoms with Gasteiger partial charge in [0.25, 0.3) is 5.91 Å². The quantitative estimate of drug-likeness (QED) is 0.152. The predicted octanol–water partition coefficient (Wildman–Crippen LogP) is 7.44. The zero-order valence-electron chi connectivity index (χ0n) is 23.7. The normalized spacial score (nSPS) is 11.1. The van der Waals surface area contributed by atoms with Crippen LogP contribution < -0.4 is 16.4 Å². The van der Waals surface area contributed by atoms with Crippen LogP contribution in [0.1, 0.15) is 21.5 Å². The van der Waals surface area contributed by atoms with Crippen molar-refractivity contribution < 1.29 is 32.3 Å². The Kier molecular flexibility index (Phi) is 8.77. The number of carboxylic acids is 1. The summed E-state index contributed by atoms with van der Waals surface area (Å²) in [5.41, 5.74) is 13.0. The fourth-order valence-corrected chi connectivity index (χ4v) is 4.49. The number of halogens is 3. The zero-order chi connectivity index (χ0) is 32.1. The summed E-state index contributed by atoms with van der Waals surface area (Å²) >= 11 is 0. The largest absolute Gasteiger partial charge is 0.490 e. The molecule has 0 aliphatic carbocycles. The minimum Gasteiger partial charge on any atom is -0.475 e. The maximum Gasteiger partial charge on any atom is 0.490 e. The number of nitrogens with zero attached hydrogens (tertiary/aromatic N) is 2. The molecule has 0 atom stereocenters. The number of furan rings is 1. The number of benzene rings is 4. The summed E-state index contributed by atoms with van der Waals surface area (Å²) in [6, 6.07) is 28.9. The number of carboxylic acid groups (broad SMARTS) is 1. The number of nitrogens with one attached hydrogen (secondary N) is 2. The highest BCUT2D eigenvalue weighted by Crippen LogP contribution is 2.35. The van der Waals surface area contributed by atoms with Gasteiger partial charge in [-0.1, -0.05) is 48.5 Å². The zero-order valence-corrected chi connectivity index (χ0v) is 23.7. The van der Waals surface area contributed by atoms with Crippen LogP contribution in [0.3, 0.4) is 0 Å². The second kappa shape index (κ2) is 12.9. The van der Waals surface area contributed by atoms with Gasteiger partial charge in [-0.2, -0.15) is 13.2 Å². The Balaban J connectivity index is 0.000000515. The van der Waals surface area contributed by atoms with E-state index in [4.69, 9.17) is 20.1 Å². The number of aryl methyl sites for hydroxylation is 1. The number of carbonyl (C=O) groups is 2. The predicted molar refractivity (Wildman–Crippen MR) is 165 cm³/mol. The van der Waals surface area contributed by atoms with Crippen LogP contribution in [0, 0.1) is 6.92 Å². The second-order valence-electron chi connectivity index (χ2n) is 9.88. The average molecular weight is 614 g/mol. The van der Waals surface area contributed by atoms with E-state index >= 15 is 0 Å². The average Bonchev–Trinajstić information content (AvgIpc) is 3.42. The van der Waals surface area contributed by atoms with Crippen molar-refractivity contribution in [1.82, 2.24) is 9.97 Å². The van der Waals surface area contributed by atoms with Crippen LogP contribution >= 0.6 is 0 Å². The lowest BCUT2D eigenvalue weighted by Gasteiger charge is -2.13. The SMILES string of the molecule is Cc1ccc(NC(=O)c2ccc(CN)cc2)cc1Nc1cc(-c2cccc3c2oc2ccccc23)ncn1.O=C(O)C(F)(F)F. The van der Waals surface area contributed by atoms with E-state index in [1.54, 1.807) is 12.1 Å². The molecular formula is C33H26F3N5O4. The Labute approximate surface area is 254 Å². The highest BCUT2D eigenvalue weighted by Gasteiger charge is 2.38. The first-order valence-electron chi connectivity index (χ1n) is 13.5. The number of fused-ring (bicyclic) bond motifs is 3. The molecule has 6 rings (SSSR count).